The Morgan fingerprint density at radius 2 is 2.42 bits per heavy atom. The van der Waals surface area contributed by atoms with Gasteiger partial charge in [-0.3, -0.25) is 4.79 Å². The monoisotopic (exact) mass is 178 g/mol. The SMILES string of the molecule is N#Cc1ccsc1C(=O)N1CC1. The first-order valence-electron chi connectivity index (χ1n) is 3.60. The van der Waals surface area contributed by atoms with E-state index in [1.165, 1.54) is 11.3 Å². The zero-order valence-electron chi connectivity index (χ0n) is 6.28. The van der Waals surface area contributed by atoms with Crippen molar-refractivity contribution in [2.24, 2.45) is 0 Å². The van der Waals surface area contributed by atoms with E-state index in [9.17, 15) is 4.79 Å². The van der Waals surface area contributed by atoms with Crippen molar-refractivity contribution in [2.75, 3.05) is 13.1 Å². The summed E-state index contributed by atoms with van der Waals surface area (Å²) < 4.78 is 0. The van der Waals surface area contributed by atoms with E-state index in [1.54, 1.807) is 16.3 Å². The van der Waals surface area contributed by atoms with Gasteiger partial charge in [0.05, 0.1) is 5.56 Å². The molecule has 0 spiro atoms. The van der Waals surface area contributed by atoms with Crippen LogP contribution in [0.4, 0.5) is 0 Å². The standard InChI is InChI=1S/C8H6N2OS/c9-5-6-1-4-12-7(6)8(11)10-2-3-10/h1,4H,2-3H2. The van der Waals surface area contributed by atoms with Crippen LogP contribution in [0.25, 0.3) is 0 Å². The Hall–Kier alpha value is -1.34. The first kappa shape index (κ1) is 7.32. The Morgan fingerprint density at radius 1 is 1.67 bits per heavy atom. The minimum atomic E-state index is 0.00144. The first-order chi connectivity index (χ1) is 5.83. The highest BCUT2D eigenvalue weighted by Crippen LogP contribution is 2.20. The van der Waals surface area contributed by atoms with Crippen molar-refractivity contribution in [2.45, 2.75) is 0 Å². The topological polar surface area (TPSA) is 43.9 Å². The van der Waals surface area contributed by atoms with E-state index in [0.29, 0.717) is 10.4 Å². The predicted octanol–water partition coefficient (Wildman–Crippen LogP) is 1.08. The summed E-state index contributed by atoms with van der Waals surface area (Å²) in [4.78, 5) is 13.7. The van der Waals surface area contributed by atoms with Gasteiger partial charge in [-0.15, -0.1) is 11.3 Å². The van der Waals surface area contributed by atoms with Crippen LogP contribution in [0.3, 0.4) is 0 Å². The molecule has 1 aromatic rings. The lowest BCUT2D eigenvalue weighted by Gasteiger charge is -1.96. The molecule has 0 saturated carbocycles. The molecule has 0 aromatic carbocycles. The number of hydrogen-bond acceptors (Lipinski definition) is 3. The number of carbonyl (C=O) groups is 1. The number of carbonyl (C=O) groups excluding carboxylic acids is 1. The smallest absolute Gasteiger partial charge is 0.265 e. The van der Waals surface area contributed by atoms with Crippen molar-refractivity contribution in [3.63, 3.8) is 0 Å². The molecule has 2 heterocycles. The molecule has 0 aliphatic carbocycles. The highest BCUT2D eigenvalue weighted by atomic mass is 32.1. The molecule has 60 valence electrons. The molecule has 1 aliphatic rings. The van der Waals surface area contributed by atoms with Gasteiger partial charge in [0.15, 0.2) is 0 Å². The van der Waals surface area contributed by atoms with Crippen LogP contribution in [0.1, 0.15) is 15.2 Å². The van der Waals surface area contributed by atoms with E-state index < -0.39 is 0 Å². The third-order valence-corrected chi connectivity index (χ3v) is 2.62. The van der Waals surface area contributed by atoms with E-state index in [1.807, 2.05) is 6.07 Å². The van der Waals surface area contributed by atoms with E-state index in [-0.39, 0.29) is 5.91 Å². The Labute approximate surface area is 73.8 Å². The first-order valence-corrected chi connectivity index (χ1v) is 4.48. The molecule has 12 heavy (non-hydrogen) atoms. The summed E-state index contributed by atoms with van der Waals surface area (Å²) in [5.41, 5.74) is 0.497. The van der Waals surface area contributed by atoms with Crippen molar-refractivity contribution < 1.29 is 4.79 Å². The van der Waals surface area contributed by atoms with Crippen molar-refractivity contribution in [1.29, 1.82) is 5.26 Å². The van der Waals surface area contributed by atoms with Crippen LogP contribution in [0.2, 0.25) is 0 Å². The lowest BCUT2D eigenvalue weighted by Crippen LogP contribution is -2.09. The molecule has 1 fully saturated rings. The third kappa shape index (κ3) is 1.08. The van der Waals surface area contributed by atoms with E-state index in [2.05, 4.69) is 0 Å². The Kier molecular flexibility index (Phi) is 1.59. The molecule has 1 saturated heterocycles. The molecule has 0 radical (unpaired) electrons. The highest BCUT2D eigenvalue weighted by molar-refractivity contribution is 7.12. The molecule has 1 aromatic heterocycles. The summed E-state index contributed by atoms with van der Waals surface area (Å²) in [7, 11) is 0. The van der Waals surface area contributed by atoms with Gasteiger partial charge < -0.3 is 4.90 Å². The largest absolute Gasteiger partial charge is 0.334 e. The normalized spacial score (nSPS) is 14.1. The Balaban J connectivity index is 2.32. The average Bonchev–Trinajstić information content (AvgIpc) is 2.82. The van der Waals surface area contributed by atoms with Gasteiger partial charge in [-0.25, -0.2) is 0 Å². The minimum Gasteiger partial charge on any atom is -0.334 e. The van der Waals surface area contributed by atoms with Gasteiger partial charge >= 0.3 is 0 Å². The molecule has 1 amide bonds. The molecular formula is C8H6N2OS. The maximum atomic E-state index is 11.4. The van der Waals surface area contributed by atoms with Crippen LogP contribution >= 0.6 is 11.3 Å². The second kappa shape index (κ2) is 2.61. The Morgan fingerprint density at radius 3 is 3.00 bits per heavy atom. The van der Waals surface area contributed by atoms with Gasteiger partial charge in [-0.1, -0.05) is 0 Å². The maximum Gasteiger partial charge on any atom is 0.265 e. The average molecular weight is 178 g/mol. The molecule has 1 aliphatic heterocycles. The molecule has 0 atom stereocenters. The number of thiophene rings is 1. The van der Waals surface area contributed by atoms with Crippen LogP contribution < -0.4 is 0 Å². The van der Waals surface area contributed by atoms with Crippen molar-refractivity contribution in [3.8, 4) is 6.07 Å². The van der Waals surface area contributed by atoms with Gasteiger partial charge in [0.1, 0.15) is 10.9 Å². The van der Waals surface area contributed by atoms with Crippen molar-refractivity contribution in [1.82, 2.24) is 4.90 Å². The molecule has 3 nitrogen and oxygen atoms in total. The lowest BCUT2D eigenvalue weighted by molar-refractivity contribution is 0.0889. The van der Waals surface area contributed by atoms with Crippen LogP contribution in [-0.2, 0) is 0 Å². The van der Waals surface area contributed by atoms with Crippen LogP contribution in [0, 0.1) is 11.3 Å². The van der Waals surface area contributed by atoms with Gasteiger partial charge in [-0.05, 0) is 11.4 Å². The van der Waals surface area contributed by atoms with E-state index in [0.717, 1.165) is 13.1 Å². The maximum absolute atomic E-state index is 11.4. The number of nitriles is 1. The second-order valence-electron chi connectivity index (χ2n) is 2.57. The zero-order chi connectivity index (χ0) is 8.55. The summed E-state index contributed by atoms with van der Waals surface area (Å²) >= 11 is 1.34. The van der Waals surface area contributed by atoms with Crippen molar-refractivity contribution in [3.05, 3.63) is 21.9 Å². The summed E-state index contributed by atoms with van der Waals surface area (Å²) in [6, 6.07) is 3.68. The molecular weight excluding hydrogens is 172 g/mol. The lowest BCUT2D eigenvalue weighted by atomic mass is 10.3. The van der Waals surface area contributed by atoms with Gasteiger partial charge in [0, 0.05) is 13.1 Å². The minimum absolute atomic E-state index is 0.00144. The predicted molar refractivity (Wildman–Crippen MR) is 44.9 cm³/mol. The van der Waals surface area contributed by atoms with Crippen molar-refractivity contribution >= 4 is 17.2 Å². The fraction of sp³-hybridized carbons (Fsp3) is 0.250. The van der Waals surface area contributed by atoms with Crippen LogP contribution in [0.5, 0.6) is 0 Å². The van der Waals surface area contributed by atoms with Gasteiger partial charge in [0.25, 0.3) is 5.91 Å². The molecule has 2 rings (SSSR count). The van der Waals surface area contributed by atoms with E-state index in [4.69, 9.17) is 5.26 Å². The van der Waals surface area contributed by atoms with E-state index >= 15 is 0 Å². The molecule has 0 unspecified atom stereocenters. The van der Waals surface area contributed by atoms with Crippen LogP contribution in [-0.4, -0.2) is 23.9 Å². The summed E-state index contributed by atoms with van der Waals surface area (Å²) in [5.74, 6) is 0.00144. The number of hydrogen-bond donors (Lipinski definition) is 0. The summed E-state index contributed by atoms with van der Waals surface area (Å²) in [5, 5.41) is 10.4. The Bertz CT molecular complexity index is 359. The molecule has 4 heteroatoms. The van der Waals surface area contributed by atoms with Gasteiger partial charge in [-0.2, -0.15) is 5.26 Å². The highest BCUT2D eigenvalue weighted by Gasteiger charge is 2.27. The second-order valence-corrected chi connectivity index (χ2v) is 3.48. The fourth-order valence-electron chi connectivity index (χ4n) is 0.960. The molecule has 0 N–H and O–H groups in total. The number of amides is 1. The quantitative estimate of drug-likeness (QED) is 0.604. The number of nitrogens with zero attached hydrogens (tertiary/aromatic N) is 2. The zero-order valence-corrected chi connectivity index (χ0v) is 7.10. The van der Waals surface area contributed by atoms with Gasteiger partial charge in [0.2, 0.25) is 0 Å². The van der Waals surface area contributed by atoms with Crippen LogP contribution in [0.15, 0.2) is 11.4 Å². The third-order valence-electron chi connectivity index (χ3n) is 1.71. The summed E-state index contributed by atoms with van der Waals surface area (Å²) in [6.45, 7) is 1.67. The summed E-state index contributed by atoms with van der Waals surface area (Å²) in [6.07, 6.45) is 0. The number of rotatable bonds is 1. The molecule has 0 bridgehead atoms. The fourth-order valence-corrected chi connectivity index (χ4v) is 1.77.